The average Bonchev–Trinajstić information content (AvgIpc) is 3.84. The molecule has 3 aliphatic heterocycles. The number of methoxy groups -OCH3 is 2. The molecule has 0 spiro atoms. The van der Waals surface area contributed by atoms with Gasteiger partial charge in [0, 0.05) is 64.3 Å². The summed E-state index contributed by atoms with van der Waals surface area (Å²) in [5, 5.41) is 67.8. The Kier molecular flexibility index (Phi) is 22.1. The molecule has 0 radical (unpaired) electrons. The van der Waals surface area contributed by atoms with E-state index in [1.807, 2.05) is 37.7 Å². The number of hydrogen-bond donors (Lipinski definition) is 5. The van der Waals surface area contributed by atoms with Crippen LogP contribution in [0, 0.1) is 17.8 Å². The molecule has 22 heteroatoms. The van der Waals surface area contributed by atoms with Crippen molar-refractivity contribution in [3.63, 3.8) is 0 Å². The predicted molar refractivity (Wildman–Crippen MR) is 280 cm³/mol. The number of alkyl halides is 1. The molecule has 20 nitrogen and oxygen atoms in total. The SMILES string of the molecule is CC[C@H]1OC(=O)[C@H](C)[C@@H](O[C@H]2C[C@@](C)(OC)[C@@H](O)[C@H](C)O2)[C@H](C)[C@@H](O[C@@H]2O[C@H](C)C[C@H](N(C)CCc3cn([C@H](CF)[C@H](OC)c4ccc(S(=O)(=O)C(C)C)cc4)nn3)[C@H]2O)[C@](C)(O)C[C@@H](C)CN(C)[C@H](C)[C@@H](O)[C@]1(C)O. The normalized spacial score (nSPS) is 38.8. The number of carbonyl (C=O) groups excluding carboxylic acids is 1. The Morgan fingerprint density at radius 1 is 0.961 bits per heavy atom. The fourth-order valence-electron chi connectivity index (χ4n) is 11.6. The van der Waals surface area contributed by atoms with Gasteiger partial charge in [-0.1, -0.05) is 38.1 Å². The Hall–Kier alpha value is -2.81. The highest BCUT2D eigenvalue weighted by molar-refractivity contribution is 7.92. The van der Waals surface area contributed by atoms with Crippen molar-refractivity contribution in [3.8, 4) is 0 Å². The molecular formula is C54H92FN5O15S. The Morgan fingerprint density at radius 2 is 1.61 bits per heavy atom. The minimum absolute atomic E-state index is 0.0704. The number of sulfone groups is 1. The van der Waals surface area contributed by atoms with E-state index in [2.05, 4.69) is 10.3 Å². The molecule has 4 heterocycles. The maximum atomic E-state index is 14.9. The first-order valence-corrected chi connectivity index (χ1v) is 28.5. The zero-order valence-corrected chi connectivity index (χ0v) is 48.6. The molecule has 20 atom stereocenters. The topological polar surface area (TPSA) is 254 Å². The van der Waals surface area contributed by atoms with E-state index in [9.17, 15) is 43.1 Å². The highest BCUT2D eigenvalue weighted by Gasteiger charge is 2.53. The van der Waals surface area contributed by atoms with Crippen molar-refractivity contribution in [2.75, 3.05) is 48.1 Å². The van der Waals surface area contributed by atoms with Gasteiger partial charge in [-0.3, -0.25) is 4.79 Å². The summed E-state index contributed by atoms with van der Waals surface area (Å²) in [5.41, 5.74) is -3.52. The van der Waals surface area contributed by atoms with Gasteiger partial charge in [-0.05, 0) is 119 Å². The molecule has 2 aromatic rings. The van der Waals surface area contributed by atoms with Gasteiger partial charge in [0.1, 0.15) is 48.8 Å². The summed E-state index contributed by atoms with van der Waals surface area (Å²) in [5.74, 6) is -2.94. The van der Waals surface area contributed by atoms with E-state index < -0.39 is 142 Å². The van der Waals surface area contributed by atoms with Crippen molar-refractivity contribution in [2.45, 2.75) is 228 Å². The van der Waals surface area contributed by atoms with Crippen molar-refractivity contribution >= 4 is 15.8 Å². The molecule has 3 aliphatic rings. The number of rotatable bonds is 17. The summed E-state index contributed by atoms with van der Waals surface area (Å²) in [6, 6.07) is 4.17. The summed E-state index contributed by atoms with van der Waals surface area (Å²) >= 11 is 0. The number of aliphatic hydroxyl groups excluding tert-OH is 3. The number of cyclic esters (lactones) is 1. The minimum Gasteiger partial charge on any atom is -0.459 e. The van der Waals surface area contributed by atoms with E-state index in [0.717, 1.165) is 0 Å². The standard InChI is InChI=1S/C54H92FN5O15S/c1-17-42-54(12,66)47(62)35(8)59(14)28-31(4)25-52(10,65)49(33(6)45(34(7)50(64)73-42)74-43-26-53(11,70-16)48(63)36(9)72-43)75-51-44(61)40(24-32(5)71-51)58(13)23-22-38-29-60(57-56-38)41(27-55)46(69-15)37-18-20-39(21-19-37)76(67,68)30(2)3/h18-21,29-36,40-49,51,61-63,65-66H,17,22-28H2,1-16H3/t31-,32-,33+,34-,35-,36+,40+,41-,42-,43+,44-,45+,46-,47-,48+,49-,51+,52-,53-,54-/m1/s1. The van der Waals surface area contributed by atoms with Crippen LogP contribution in [0.2, 0.25) is 0 Å². The summed E-state index contributed by atoms with van der Waals surface area (Å²) in [6.45, 7) is 20.4. The van der Waals surface area contributed by atoms with Crippen LogP contribution >= 0.6 is 0 Å². The van der Waals surface area contributed by atoms with E-state index in [1.165, 1.54) is 38.0 Å². The predicted octanol–water partition coefficient (Wildman–Crippen LogP) is 4.19. The molecule has 5 N–H and O–H groups in total. The number of ether oxygens (including phenoxy) is 7. The first-order chi connectivity index (χ1) is 35.4. The van der Waals surface area contributed by atoms with Gasteiger partial charge < -0.3 is 68.5 Å². The monoisotopic (exact) mass is 1100 g/mol. The number of halogens is 1. The molecular weight excluding hydrogens is 1010 g/mol. The van der Waals surface area contributed by atoms with Gasteiger partial charge in [-0.15, -0.1) is 5.10 Å². The third-order valence-electron chi connectivity index (χ3n) is 16.6. The Balaban J connectivity index is 1.43. The largest absolute Gasteiger partial charge is 0.459 e. The molecule has 436 valence electrons. The second-order valence-corrected chi connectivity index (χ2v) is 25.7. The van der Waals surface area contributed by atoms with E-state index in [4.69, 9.17) is 33.2 Å². The molecule has 3 saturated heterocycles. The third-order valence-corrected chi connectivity index (χ3v) is 18.8. The Labute approximate surface area is 450 Å². The fourth-order valence-corrected chi connectivity index (χ4v) is 12.7. The fraction of sp³-hybridized carbons (Fsp3) is 0.833. The van der Waals surface area contributed by atoms with Crippen LogP contribution in [0.5, 0.6) is 0 Å². The molecule has 0 unspecified atom stereocenters. The summed E-state index contributed by atoms with van der Waals surface area (Å²) in [7, 11) is 3.09. The maximum absolute atomic E-state index is 14.9. The van der Waals surface area contributed by atoms with Gasteiger partial charge in [0.15, 0.2) is 22.4 Å². The molecule has 76 heavy (non-hydrogen) atoms. The van der Waals surface area contributed by atoms with Crippen molar-refractivity contribution in [3.05, 3.63) is 41.7 Å². The average molecular weight is 1100 g/mol. The van der Waals surface area contributed by atoms with Crippen LogP contribution in [0.4, 0.5) is 4.39 Å². The second-order valence-electron chi connectivity index (χ2n) is 23.2. The molecule has 1 aromatic carbocycles. The number of benzene rings is 1. The zero-order valence-electron chi connectivity index (χ0n) is 47.8. The molecule has 0 aliphatic carbocycles. The van der Waals surface area contributed by atoms with E-state index >= 15 is 0 Å². The van der Waals surface area contributed by atoms with Gasteiger partial charge in [-0.2, -0.15) is 0 Å². The smallest absolute Gasteiger partial charge is 0.311 e. The van der Waals surface area contributed by atoms with Gasteiger partial charge >= 0.3 is 5.97 Å². The minimum atomic E-state index is -3.51. The quantitative estimate of drug-likeness (QED) is 0.139. The number of esters is 1. The molecule has 1 aromatic heterocycles. The van der Waals surface area contributed by atoms with Crippen molar-refractivity contribution < 1.29 is 76.3 Å². The summed E-state index contributed by atoms with van der Waals surface area (Å²) in [6.07, 6.45) is -8.53. The van der Waals surface area contributed by atoms with Gasteiger partial charge in [-0.25, -0.2) is 17.5 Å². The highest BCUT2D eigenvalue weighted by atomic mass is 32.2. The number of aliphatic hydroxyl groups is 5. The van der Waals surface area contributed by atoms with Crippen LogP contribution in [0.25, 0.3) is 0 Å². The van der Waals surface area contributed by atoms with Crippen LogP contribution in [0.1, 0.15) is 132 Å². The molecule has 3 fully saturated rings. The zero-order chi connectivity index (χ0) is 57.0. The van der Waals surface area contributed by atoms with E-state index in [-0.39, 0.29) is 30.1 Å². The number of nitrogens with zero attached hydrogens (tertiary/aromatic N) is 5. The molecule has 0 bridgehead atoms. The lowest BCUT2D eigenvalue weighted by Crippen LogP contribution is -2.61. The van der Waals surface area contributed by atoms with Crippen molar-refractivity contribution in [1.82, 2.24) is 24.8 Å². The van der Waals surface area contributed by atoms with Crippen LogP contribution in [-0.2, 0) is 54.2 Å². The lowest BCUT2D eigenvalue weighted by Gasteiger charge is -2.49. The second kappa shape index (κ2) is 26.2. The first-order valence-electron chi connectivity index (χ1n) is 27.0. The summed E-state index contributed by atoms with van der Waals surface area (Å²) < 4.78 is 85.8. The van der Waals surface area contributed by atoms with Crippen molar-refractivity contribution in [2.24, 2.45) is 17.8 Å². The first kappa shape index (κ1) is 64.0. The van der Waals surface area contributed by atoms with Gasteiger partial charge in [0.25, 0.3) is 0 Å². The van der Waals surface area contributed by atoms with Crippen LogP contribution in [0.15, 0.2) is 35.4 Å². The lowest BCUT2D eigenvalue weighted by atomic mass is 9.77. The van der Waals surface area contributed by atoms with Gasteiger partial charge in [0.05, 0.1) is 57.4 Å². The molecule has 0 amide bonds. The Morgan fingerprint density at radius 3 is 2.18 bits per heavy atom. The van der Waals surface area contributed by atoms with Crippen LogP contribution in [0.3, 0.4) is 0 Å². The van der Waals surface area contributed by atoms with Crippen LogP contribution < -0.4 is 0 Å². The maximum Gasteiger partial charge on any atom is 0.311 e. The molecule has 5 rings (SSSR count). The highest BCUT2D eigenvalue weighted by Crippen LogP contribution is 2.41. The number of aromatic nitrogens is 3. The number of hydrogen-bond acceptors (Lipinski definition) is 19. The number of likely N-dealkylation sites (N-methyl/N-ethyl adjacent to an activating group) is 2. The van der Waals surface area contributed by atoms with E-state index in [1.54, 1.807) is 80.6 Å². The van der Waals surface area contributed by atoms with Gasteiger partial charge in [0.2, 0.25) is 0 Å². The Bertz CT molecular complexity index is 2260. The lowest BCUT2D eigenvalue weighted by molar-refractivity contribution is -0.318. The summed E-state index contributed by atoms with van der Waals surface area (Å²) in [4.78, 5) is 18.5. The molecule has 0 saturated carbocycles. The van der Waals surface area contributed by atoms with Crippen LogP contribution in [-0.4, -0.2) is 208 Å². The third kappa shape index (κ3) is 14.4. The number of carbonyl (C=O) groups is 1. The van der Waals surface area contributed by atoms with Crippen molar-refractivity contribution in [1.29, 1.82) is 0 Å². The van der Waals surface area contributed by atoms with E-state index in [0.29, 0.717) is 37.2 Å².